The van der Waals surface area contributed by atoms with Crippen molar-refractivity contribution in [3.63, 3.8) is 0 Å². The van der Waals surface area contributed by atoms with Gasteiger partial charge in [-0.15, -0.1) is 0 Å². The Balaban J connectivity index is 2.14. The molecule has 0 bridgehead atoms. The third kappa shape index (κ3) is 1.76. The molecule has 0 saturated carbocycles. The van der Waals surface area contributed by atoms with Crippen LogP contribution in [-0.4, -0.2) is 11.9 Å². The first-order valence-electron chi connectivity index (χ1n) is 6.70. The van der Waals surface area contributed by atoms with E-state index in [2.05, 4.69) is 31.2 Å². The number of ether oxygens (including phenoxy) is 1. The molecule has 2 aliphatic carbocycles. The molecule has 2 unspecified atom stereocenters. The summed E-state index contributed by atoms with van der Waals surface area (Å²) >= 11 is 0. The van der Waals surface area contributed by atoms with E-state index in [0.717, 1.165) is 41.7 Å². The minimum Gasteiger partial charge on any atom is -0.482 e. The lowest BCUT2D eigenvalue weighted by Crippen LogP contribution is -2.21. The number of carbonyl (C=O) groups is 1. The molecule has 0 spiro atoms. The van der Waals surface area contributed by atoms with Gasteiger partial charge in [0.2, 0.25) is 0 Å². The Kier molecular flexibility index (Phi) is 2.73. The molecule has 0 amide bonds. The first-order valence-corrected chi connectivity index (χ1v) is 6.70. The van der Waals surface area contributed by atoms with Crippen LogP contribution in [0.2, 0.25) is 0 Å². The second-order valence-corrected chi connectivity index (χ2v) is 5.32. The largest absolute Gasteiger partial charge is 0.482 e. The highest BCUT2D eigenvalue weighted by Crippen LogP contribution is 2.38. The van der Waals surface area contributed by atoms with Crippen LogP contribution in [0, 0.1) is 5.92 Å². The molecule has 0 saturated heterocycles. The number of allylic oxidation sites excluding steroid dienone is 5. The molecule has 18 heavy (non-hydrogen) atoms. The van der Waals surface area contributed by atoms with Gasteiger partial charge in [-0.1, -0.05) is 25.2 Å². The van der Waals surface area contributed by atoms with Crippen molar-refractivity contribution in [2.45, 2.75) is 39.2 Å². The predicted molar refractivity (Wildman–Crippen MR) is 70.9 cm³/mol. The summed E-state index contributed by atoms with van der Waals surface area (Å²) in [5.74, 6) is 1.53. The summed E-state index contributed by atoms with van der Waals surface area (Å²) in [7, 11) is 0. The first-order chi connectivity index (χ1) is 8.66. The normalized spacial score (nSPS) is 30.9. The van der Waals surface area contributed by atoms with Crippen LogP contribution < -0.4 is 0 Å². The molecule has 0 radical (unpaired) electrons. The van der Waals surface area contributed by atoms with E-state index in [0.29, 0.717) is 5.92 Å². The van der Waals surface area contributed by atoms with Gasteiger partial charge in [0, 0.05) is 11.1 Å². The van der Waals surface area contributed by atoms with E-state index in [1.54, 1.807) is 0 Å². The van der Waals surface area contributed by atoms with Crippen LogP contribution in [0.25, 0.3) is 0 Å². The SMILES string of the molecule is CC1C=C2OC(C)C(=O)C3=C(C=CCC3)C2=CC1. The van der Waals surface area contributed by atoms with Gasteiger partial charge in [0.25, 0.3) is 0 Å². The minimum absolute atomic E-state index is 0.151. The van der Waals surface area contributed by atoms with Gasteiger partial charge in [0.1, 0.15) is 5.76 Å². The van der Waals surface area contributed by atoms with Gasteiger partial charge in [-0.3, -0.25) is 4.79 Å². The van der Waals surface area contributed by atoms with Crippen molar-refractivity contribution in [3.8, 4) is 0 Å². The topological polar surface area (TPSA) is 26.3 Å². The lowest BCUT2D eigenvalue weighted by atomic mass is 9.85. The van der Waals surface area contributed by atoms with Crippen LogP contribution >= 0.6 is 0 Å². The Hall–Kier alpha value is -1.57. The second kappa shape index (κ2) is 4.27. The van der Waals surface area contributed by atoms with Gasteiger partial charge in [-0.2, -0.15) is 0 Å². The van der Waals surface area contributed by atoms with Gasteiger partial charge in [0.15, 0.2) is 11.9 Å². The molecule has 2 atom stereocenters. The fourth-order valence-electron chi connectivity index (χ4n) is 2.83. The van der Waals surface area contributed by atoms with Gasteiger partial charge in [-0.05, 0) is 43.8 Å². The molecule has 1 aliphatic heterocycles. The first kappa shape index (κ1) is 11.5. The number of carbonyl (C=O) groups excluding carboxylic acids is 1. The zero-order valence-corrected chi connectivity index (χ0v) is 10.9. The molecule has 0 N–H and O–H groups in total. The van der Waals surface area contributed by atoms with Crippen molar-refractivity contribution in [1.29, 1.82) is 0 Å². The summed E-state index contributed by atoms with van der Waals surface area (Å²) in [6, 6.07) is 0. The zero-order valence-electron chi connectivity index (χ0n) is 10.9. The van der Waals surface area contributed by atoms with Crippen LogP contribution in [0.15, 0.2) is 46.8 Å². The van der Waals surface area contributed by atoms with E-state index in [1.165, 1.54) is 0 Å². The number of hydrogen-bond donors (Lipinski definition) is 0. The van der Waals surface area contributed by atoms with Crippen LogP contribution in [0.3, 0.4) is 0 Å². The van der Waals surface area contributed by atoms with E-state index in [4.69, 9.17) is 4.74 Å². The molecule has 0 aromatic carbocycles. The van der Waals surface area contributed by atoms with Crippen molar-refractivity contribution < 1.29 is 9.53 Å². The van der Waals surface area contributed by atoms with Gasteiger partial charge in [-0.25, -0.2) is 0 Å². The van der Waals surface area contributed by atoms with Crippen molar-refractivity contribution in [2.24, 2.45) is 5.92 Å². The molecule has 0 aromatic heterocycles. The Morgan fingerprint density at radius 2 is 2.17 bits per heavy atom. The highest BCUT2D eigenvalue weighted by atomic mass is 16.5. The number of hydrogen-bond acceptors (Lipinski definition) is 2. The van der Waals surface area contributed by atoms with Gasteiger partial charge < -0.3 is 4.74 Å². The lowest BCUT2D eigenvalue weighted by Gasteiger charge is -2.20. The molecule has 94 valence electrons. The third-order valence-corrected chi connectivity index (χ3v) is 3.83. The van der Waals surface area contributed by atoms with Crippen molar-refractivity contribution in [1.82, 2.24) is 0 Å². The summed E-state index contributed by atoms with van der Waals surface area (Å²) in [5.41, 5.74) is 3.17. The van der Waals surface area contributed by atoms with E-state index in [9.17, 15) is 4.79 Å². The average Bonchev–Trinajstić information content (AvgIpc) is 2.47. The maximum atomic E-state index is 12.3. The number of fused-ring (bicyclic) bond motifs is 2. The molecular weight excluding hydrogens is 224 g/mol. The fourth-order valence-corrected chi connectivity index (χ4v) is 2.83. The summed E-state index contributed by atoms with van der Waals surface area (Å²) < 4.78 is 5.86. The molecule has 0 fully saturated rings. The zero-order chi connectivity index (χ0) is 12.7. The number of Topliss-reactive ketones (excluding diaryl/α,β-unsaturated/α-hetero) is 1. The smallest absolute Gasteiger partial charge is 0.199 e. The molecule has 2 nitrogen and oxygen atoms in total. The maximum Gasteiger partial charge on any atom is 0.199 e. The second-order valence-electron chi connectivity index (χ2n) is 5.32. The van der Waals surface area contributed by atoms with E-state index in [1.807, 2.05) is 6.92 Å². The highest BCUT2D eigenvalue weighted by molar-refractivity contribution is 6.01. The molecule has 0 aromatic rings. The summed E-state index contributed by atoms with van der Waals surface area (Å²) in [4.78, 5) is 12.3. The van der Waals surface area contributed by atoms with Crippen molar-refractivity contribution >= 4 is 5.78 Å². The lowest BCUT2D eigenvalue weighted by molar-refractivity contribution is -0.123. The third-order valence-electron chi connectivity index (χ3n) is 3.83. The van der Waals surface area contributed by atoms with E-state index < -0.39 is 0 Å². The standard InChI is InChI=1S/C16H18O2/c1-10-7-8-13-12-5-3-4-6-14(12)16(17)11(2)18-15(13)9-10/h3,5,8-11H,4,6-7H2,1-2H3. The van der Waals surface area contributed by atoms with Gasteiger partial charge >= 0.3 is 0 Å². The van der Waals surface area contributed by atoms with E-state index in [-0.39, 0.29) is 11.9 Å². The quantitative estimate of drug-likeness (QED) is 0.650. The summed E-state index contributed by atoms with van der Waals surface area (Å²) in [6.07, 6.45) is 11.1. The average molecular weight is 242 g/mol. The Bertz CT molecular complexity index is 517. The number of ketones is 1. The van der Waals surface area contributed by atoms with Crippen LogP contribution in [0.5, 0.6) is 0 Å². The fraction of sp³-hybridized carbons (Fsp3) is 0.438. The maximum absolute atomic E-state index is 12.3. The summed E-state index contributed by atoms with van der Waals surface area (Å²) in [6.45, 7) is 4.03. The molecule has 3 aliphatic rings. The predicted octanol–water partition coefficient (Wildman–Crippen LogP) is 3.47. The molecular formula is C16H18O2. The van der Waals surface area contributed by atoms with Crippen LogP contribution in [0.1, 0.15) is 33.1 Å². The minimum atomic E-state index is -0.357. The molecule has 1 heterocycles. The van der Waals surface area contributed by atoms with Crippen LogP contribution in [0.4, 0.5) is 0 Å². The molecule has 2 heteroatoms. The Morgan fingerprint density at radius 1 is 1.33 bits per heavy atom. The monoisotopic (exact) mass is 242 g/mol. The summed E-state index contributed by atoms with van der Waals surface area (Å²) in [5, 5.41) is 0. The molecule has 3 rings (SSSR count). The number of rotatable bonds is 0. The van der Waals surface area contributed by atoms with Crippen molar-refractivity contribution in [2.75, 3.05) is 0 Å². The Morgan fingerprint density at radius 3 is 3.00 bits per heavy atom. The highest BCUT2D eigenvalue weighted by Gasteiger charge is 2.31. The van der Waals surface area contributed by atoms with Crippen LogP contribution in [-0.2, 0) is 9.53 Å². The van der Waals surface area contributed by atoms with Gasteiger partial charge in [0.05, 0.1) is 0 Å². The van der Waals surface area contributed by atoms with E-state index >= 15 is 0 Å². The Labute approximate surface area is 108 Å². The van der Waals surface area contributed by atoms with Crippen molar-refractivity contribution in [3.05, 3.63) is 46.8 Å².